The molecule has 0 saturated heterocycles. The van der Waals surface area contributed by atoms with Gasteiger partial charge in [-0.25, -0.2) is 23.1 Å². The first-order chi connectivity index (χ1) is 10.5. The monoisotopic (exact) mass is 336 g/mol. The third kappa shape index (κ3) is 2.90. The number of hydrogen-bond acceptors (Lipinski definition) is 6. The molecule has 3 rings (SSSR count). The molecule has 1 aromatic heterocycles. The van der Waals surface area contributed by atoms with Gasteiger partial charge >= 0.3 is 0 Å². The van der Waals surface area contributed by atoms with Crippen LogP contribution in [0.15, 0.2) is 46.5 Å². The number of fused-ring (bicyclic) bond motifs is 1. The van der Waals surface area contributed by atoms with Gasteiger partial charge in [0.1, 0.15) is 0 Å². The number of sulfonamides is 1. The Kier molecular flexibility index (Phi) is 3.75. The predicted octanol–water partition coefficient (Wildman–Crippen LogP) is 1.71. The summed E-state index contributed by atoms with van der Waals surface area (Å²) in [5.74, 6) is -0.154. The molecule has 0 bridgehead atoms. The van der Waals surface area contributed by atoms with Crippen molar-refractivity contribution in [2.45, 2.75) is 22.0 Å². The Morgan fingerprint density at radius 3 is 2.73 bits per heavy atom. The van der Waals surface area contributed by atoms with Crippen LogP contribution in [0.4, 0.5) is 11.6 Å². The van der Waals surface area contributed by atoms with Crippen molar-refractivity contribution < 1.29 is 13.2 Å². The largest absolute Gasteiger partial charge is 0.324 e. The van der Waals surface area contributed by atoms with Crippen molar-refractivity contribution in [3.8, 4) is 0 Å². The molecule has 114 valence electrons. The van der Waals surface area contributed by atoms with E-state index in [2.05, 4.69) is 20.0 Å². The van der Waals surface area contributed by atoms with Crippen molar-refractivity contribution in [1.82, 2.24) is 9.97 Å². The van der Waals surface area contributed by atoms with Gasteiger partial charge in [0.15, 0.2) is 0 Å². The third-order valence-electron chi connectivity index (χ3n) is 2.98. The first kappa shape index (κ1) is 14.8. The van der Waals surface area contributed by atoms with Crippen LogP contribution in [0.3, 0.4) is 0 Å². The van der Waals surface area contributed by atoms with Crippen molar-refractivity contribution in [3.63, 3.8) is 0 Å². The summed E-state index contributed by atoms with van der Waals surface area (Å²) < 4.78 is 26.9. The smallest absolute Gasteiger partial charge is 0.264 e. The number of nitrogens with one attached hydrogen (secondary N) is 2. The van der Waals surface area contributed by atoms with E-state index in [1.54, 1.807) is 19.1 Å². The van der Waals surface area contributed by atoms with Crippen LogP contribution in [0.1, 0.15) is 6.92 Å². The molecule has 0 spiro atoms. The molecular weight excluding hydrogens is 324 g/mol. The minimum Gasteiger partial charge on any atom is -0.324 e. The summed E-state index contributed by atoms with van der Waals surface area (Å²) in [6.45, 7) is 1.79. The highest BCUT2D eigenvalue weighted by molar-refractivity contribution is 8.01. The second-order valence-corrected chi connectivity index (χ2v) is 7.65. The van der Waals surface area contributed by atoms with Gasteiger partial charge in [0.05, 0.1) is 15.8 Å². The van der Waals surface area contributed by atoms with Crippen molar-refractivity contribution >= 4 is 39.3 Å². The van der Waals surface area contributed by atoms with Crippen LogP contribution in [-0.2, 0) is 14.8 Å². The number of carbonyl (C=O) groups excluding carboxylic acids is 1. The molecule has 9 heteroatoms. The average molecular weight is 336 g/mol. The highest BCUT2D eigenvalue weighted by Crippen LogP contribution is 2.36. The summed E-state index contributed by atoms with van der Waals surface area (Å²) in [6, 6.07) is 6.18. The lowest BCUT2D eigenvalue weighted by Gasteiger charge is -2.21. The van der Waals surface area contributed by atoms with Crippen LogP contribution < -0.4 is 10.0 Å². The number of benzene rings is 1. The average Bonchev–Trinajstić information content (AvgIpc) is 2.48. The number of hydrogen-bond donors (Lipinski definition) is 2. The highest BCUT2D eigenvalue weighted by Gasteiger charge is 2.25. The van der Waals surface area contributed by atoms with Crippen molar-refractivity contribution in [2.75, 3.05) is 10.0 Å². The molecule has 0 saturated carbocycles. The minimum absolute atomic E-state index is 0.00717. The molecule has 2 aromatic rings. The van der Waals surface area contributed by atoms with E-state index in [4.69, 9.17) is 0 Å². The number of aromatic nitrogens is 2. The standard InChI is InChI=1S/C13H12N4O3S2/c1-8-12(18)16-10-7-9(3-4-11(10)21-8)22(19,20)17-13-14-5-2-6-15-13/h2-8H,1H3,(H,16,18)(H,14,15,17). The topological polar surface area (TPSA) is 101 Å². The zero-order valence-electron chi connectivity index (χ0n) is 11.5. The Morgan fingerprint density at radius 2 is 2.00 bits per heavy atom. The second kappa shape index (κ2) is 5.58. The van der Waals surface area contributed by atoms with Gasteiger partial charge in [0.25, 0.3) is 10.0 Å². The maximum absolute atomic E-state index is 12.3. The molecule has 1 unspecified atom stereocenters. The highest BCUT2D eigenvalue weighted by atomic mass is 32.2. The number of thioether (sulfide) groups is 1. The molecule has 1 aliphatic heterocycles. The summed E-state index contributed by atoms with van der Waals surface area (Å²) in [7, 11) is -3.81. The molecule has 2 heterocycles. The number of anilines is 2. The summed E-state index contributed by atoms with van der Waals surface area (Å²) >= 11 is 1.39. The van der Waals surface area contributed by atoms with E-state index < -0.39 is 10.0 Å². The molecule has 1 atom stereocenters. The number of nitrogens with zero attached hydrogens (tertiary/aromatic N) is 2. The molecule has 7 nitrogen and oxygen atoms in total. The van der Waals surface area contributed by atoms with Gasteiger partial charge in [-0.1, -0.05) is 0 Å². The molecule has 22 heavy (non-hydrogen) atoms. The zero-order valence-corrected chi connectivity index (χ0v) is 13.1. The SMILES string of the molecule is CC1Sc2ccc(S(=O)(=O)Nc3ncccn3)cc2NC1=O. The minimum atomic E-state index is -3.81. The van der Waals surface area contributed by atoms with Crippen LogP contribution in [0.2, 0.25) is 0 Å². The summed E-state index contributed by atoms with van der Waals surface area (Å²) in [5.41, 5.74) is 0.491. The fourth-order valence-corrected chi connectivity index (χ4v) is 3.80. The lowest BCUT2D eigenvalue weighted by molar-refractivity contribution is -0.115. The lowest BCUT2D eigenvalue weighted by Crippen LogP contribution is -2.26. The first-order valence-corrected chi connectivity index (χ1v) is 8.73. The maximum Gasteiger partial charge on any atom is 0.264 e. The molecule has 0 fully saturated rings. The normalized spacial score (nSPS) is 17.5. The van der Waals surface area contributed by atoms with Crippen molar-refractivity contribution in [2.24, 2.45) is 0 Å². The Hall–Kier alpha value is -2.13. The third-order valence-corrected chi connectivity index (χ3v) is 5.49. The van der Waals surface area contributed by atoms with E-state index in [0.717, 1.165) is 4.90 Å². The van der Waals surface area contributed by atoms with Gasteiger partial charge in [-0.2, -0.15) is 0 Å². The van der Waals surface area contributed by atoms with E-state index in [9.17, 15) is 13.2 Å². The fourth-order valence-electron chi connectivity index (χ4n) is 1.89. The molecular formula is C13H12N4O3S2. The molecule has 2 N–H and O–H groups in total. The number of carbonyl (C=O) groups is 1. The van der Waals surface area contributed by atoms with Crippen molar-refractivity contribution in [1.29, 1.82) is 0 Å². The van der Waals surface area contributed by atoms with Crippen LogP contribution >= 0.6 is 11.8 Å². The van der Waals surface area contributed by atoms with Gasteiger partial charge in [-0.15, -0.1) is 11.8 Å². The Labute approximate surface area is 131 Å². The summed E-state index contributed by atoms with van der Waals surface area (Å²) in [6.07, 6.45) is 2.88. The Morgan fingerprint density at radius 1 is 1.27 bits per heavy atom. The van der Waals surface area contributed by atoms with Crippen LogP contribution in [0.25, 0.3) is 0 Å². The fraction of sp³-hybridized carbons (Fsp3) is 0.154. The van der Waals surface area contributed by atoms with Crippen molar-refractivity contribution in [3.05, 3.63) is 36.7 Å². The van der Waals surface area contributed by atoms with Crippen LogP contribution in [0.5, 0.6) is 0 Å². The molecule has 0 radical (unpaired) electrons. The van der Waals surface area contributed by atoms with Gasteiger partial charge < -0.3 is 5.32 Å². The molecule has 1 amide bonds. The first-order valence-electron chi connectivity index (χ1n) is 6.37. The van der Waals surface area contributed by atoms with Gasteiger partial charge in [0, 0.05) is 17.3 Å². The van der Waals surface area contributed by atoms with E-state index in [1.165, 1.54) is 36.3 Å². The number of amides is 1. The molecule has 1 aliphatic rings. The Balaban J connectivity index is 1.92. The van der Waals surface area contributed by atoms with E-state index >= 15 is 0 Å². The maximum atomic E-state index is 12.3. The van der Waals surface area contributed by atoms with E-state index in [0.29, 0.717) is 5.69 Å². The Bertz CT molecular complexity index is 824. The van der Waals surface area contributed by atoms with Gasteiger partial charge in [0.2, 0.25) is 11.9 Å². The molecule has 0 aliphatic carbocycles. The number of rotatable bonds is 3. The quantitative estimate of drug-likeness (QED) is 0.885. The summed E-state index contributed by atoms with van der Waals surface area (Å²) in [5, 5.41) is 2.50. The van der Waals surface area contributed by atoms with Gasteiger partial charge in [-0.05, 0) is 31.2 Å². The van der Waals surface area contributed by atoms with E-state index in [1.807, 2.05) is 0 Å². The molecule has 1 aromatic carbocycles. The van der Waals surface area contributed by atoms with Crippen LogP contribution in [-0.4, -0.2) is 29.5 Å². The second-order valence-electron chi connectivity index (χ2n) is 4.59. The van der Waals surface area contributed by atoms with E-state index in [-0.39, 0.29) is 22.0 Å². The summed E-state index contributed by atoms with van der Waals surface area (Å²) in [4.78, 5) is 20.2. The lowest BCUT2D eigenvalue weighted by atomic mass is 10.3. The predicted molar refractivity (Wildman–Crippen MR) is 83.2 cm³/mol. The van der Waals surface area contributed by atoms with Crippen LogP contribution in [0, 0.1) is 0 Å². The van der Waals surface area contributed by atoms with Gasteiger partial charge in [-0.3, -0.25) is 4.79 Å². The zero-order chi connectivity index (χ0) is 15.7.